The van der Waals surface area contributed by atoms with Crippen molar-refractivity contribution >= 4 is 5.97 Å². The summed E-state index contributed by atoms with van der Waals surface area (Å²) in [6, 6.07) is 5.97. The Kier molecular flexibility index (Phi) is 3.86. The smallest absolute Gasteiger partial charge is 0.306 e. The Morgan fingerprint density at radius 1 is 1.47 bits per heavy atom. The molecule has 3 heteroatoms. The van der Waals surface area contributed by atoms with Crippen molar-refractivity contribution in [3.05, 3.63) is 34.9 Å². The number of hydrogen-bond acceptors (Lipinski definition) is 2. The summed E-state index contributed by atoms with van der Waals surface area (Å²) in [5.41, 5.74) is 3.14. The van der Waals surface area contributed by atoms with Crippen LogP contribution in [0.3, 0.4) is 0 Å². The highest BCUT2D eigenvalue weighted by Crippen LogP contribution is 2.24. The summed E-state index contributed by atoms with van der Waals surface area (Å²) in [5, 5.41) is 8.76. The van der Waals surface area contributed by atoms with E-state index in [1.165, 1.54) is 7.11 Å². The van der Waals surface area contributed by atoms with E-state index in [2.05, 4.69) is 0 Å². The molecule has 0 aliphatic rings. The molecule has 0 saturated heterocycles. The molecule has 1 rings (SSSR count). The average Bonchev–Trinajstić information content (AvgIpc) is 2.18. The molecule has 0 bridgehead atoms. The summed E-state index contributed by atoms with van der Waals surface area (Å²) in [4.78, 5) is 10.7. The molecule has 0 radical (unpaired) electrons. The third-order valence-electron chi connectivity index (χ3n) is 2.43. The van der Waals surface area contributed by atoms with Crippen molar-refractivity contribution in [3.63, 3.8) is 0 Å². The highest BCUT2D eigenvalue weighted by Gasteiger charge is 2.16. The van der Waals surface area contributed by atoms with Crippen LogP contribution in [0.15, 0.2) is 18.2 Å². The Labute approximate surface area is 89.7 Å². The lowest BCUT2D eigenvalue weighted by atomic mass is 9.99. The fourth-order valence-electron chi connectivity index (χ4n) is 1.59. The highest BCUT2D eigenvalue weighted by molar-refractivity contribution is 5.67. The minimum absolute atomic E-state index is 0.000787. The normalized spacial score (nSPS) is 12.5. The van der Waals surface area contributed by atoms with Crippen LogP contribution in [0.2, 0.25) is 0 Å². The number of aryl methyl sites for hydroxylation is 2. The second kappa shape index (κ2) is 4.94. The lowest BCUT2D eigenvalue weighted by Gasteiger charge is -2.16. The van der Waals surface area contributed by atoms with Crippen LogP contribution in [0.5, 0.6) is 0 Å². The summed E-state index contributed by atoms with van der Waals surface area (Å²) in [6.07, 6.45) is -0.358. The molecule has 3 nitrogen and oxygen atoms in total. The van der Waals surface area contributed by atoms with Crippen LogP contribution < -0.4 is 0 Å². The molecule has 1 unspecified atom stereocenters. The van der Waals surface area contributed by atoms with Crippen molar-refractivity contribution in [3.8, 4) is 0 Å². The molecule has 15 heavy (non-hydrogen) atoms. The molecule has 0 heterocycles. The van der Waals surface area contributed by atoms with Crippen LogP contribution in [0.25, 0.3) is 0 Å². The van der Waals surface area contributed by atoms with Crippen LogP contribution in [0, 0.1) is 13.8 Å². The zero-order chi connectivity index (χ0) is 11.4. The molecule has 0 aromatic heterocycles. The fourth-order valence-corrected chi connectivity index (χ4v) is 1.59. The van der Waals surface area contributed by atoms with Gasteiger partial charge >= 0.3 is 5.97 Å². The number of benzene rings is 1. The molecular weight excluding hydrogens is 192 g/mol. The molecule has 0 fully saturated rings. The van der Waals surface area contributed by atoms with Gasteiger partial charge in [-0.25, -0.2) is 0 Å². The van der Waals surface area contributed by atoms with Gasteiger partial charge in [0.25, 0.3) is 0 Å². The summed E-state index contributed by atoms with van der Waals surface area (Å²) in [7, 11) is 1.54. The van der Waals surface area contributed by atoms with E-state index in [9.17, 15) is 4.79 Å². The largest absolute Gasteiger partial charge is 0.481 e. The SMILES string of the molecule is COC(CC(=O)O)c1cc(C)ccc1C. The number of rotatable bonds is 4. The van der Waals surface area contributed by atoms with Crippen LogP contribution >= 0.6 is 0 Å². The van der Waals surface area contributed by atoms with Crippen LogP contribution in [-0.4, -0.2) is 18.2 Å². The number of carbonyl (C=O) groups is 1. The van der Waals surface area contributed by atoms with Gasteiger partial charge in [0.05, 0.1) is 12.5 Å². The van der Waals surface area contributed by atoms with E-state index in [1.54, 1.807) is 0 Å². The molecule has 1 atom stereocenters. The minimum Gasteiger partial charge on any atom is -0.481 e. The van der Waals surface area contributed by atoms with Crippen molar-refractivity contribution in [1.29, 1.82) is 0 Å². The van der Waals surface area contributed by atoms with E-state index < -0.39 is 5.97 Å². The highest BCUT2D eigenvalue weighted by atomic mass is 16.5. The Hall–Kier alpha value is -1.35. The summed E-state index contributed by atoms with van der Waals surface area (Å²) in [5.74, 6) is -0.845. The molecular formula is C12H16O3. The van der Waals surface area contributed by atoms with Crippen molar-refractivity contribution in [2.24, 2.45) is 0 Å². The summed E-state index contributed by atoms with van der Waals surface area (Å²) < 4.78 is 5.20. The molecule has 0 spiro atoms. The number of carboxylic acids is 1. The maximum absolute atomic E-state index is 10.7. The van der Waals surface area contributed by atoms with E-state index in [0.29, 0.717) is 0 Å². The van der Waals surface area contributed by atoms with Crippen molar-refractivity contribution in [2.75, 3.05) is 7.11 Å². The molecule has 82 valence electrons. The third kappa shape index (κ3) is 3.06. The average molecular weight is 208 g/mol. The first-order valence-electron chi connectivity index (χ1n) is 4.86. The summed E-state index contributed by atoms with van der Waals surface area (Å²) >= 11 is 0. The van der Waals surface area contributed by atoms with Crippen LogP contribution in [-0.2, 0) is 9.53 Å². The number of ether oxygens (including phenoxy) is 1. The van der Waals surface area contributed by atoms with E-state index in [-0.39, 0.29) is 12.5 Å². The topological polar surface area (TPSA) is 46.5 Å². The van der Waals surface area contributed by atoms with E-state index in [0.717, 1.165) is 16.7 Å². The first-order valence-corrected chi connectivity index (χ1v) is 4.86. The Balaban J connectivity index is 3.00. The predicted octanol–water partition coefficient (Wildman–Crippen LogP) is 2.47. The van der Waals surface area contributed by atoms with Gasteiger partial charge in [0.1, 0.15) is 0 Å². The molecule has 1 N–H and O–H groups in total. The van der Waals surface area contributed by atoms with Gasteiger partial charge in [-0.05, 0) is 25.0 Å². The third-order valence-corrected chi connectivity index (χ3v) is 2.43. The zero-order valence-electron chi connectivity index (χ0n) is 9.28. The van der Waals surface area contributed by atoms with Gasteiger partial charge in [-0.1, -0.05) is 23.8 Å². The first-order chi connectivity index (χ1) is 7.04. The van der Waals surface area contributed by atoms with Crippen molar-refractivity contribution in [1.82, 2.24) is 0 Å². The maximum atomic E-state index is 10.7. The van der Waals surface area contributed by atoms with Crippen molar-refractivity contribution < 1.29 is 14.6 Å². The van der Waals surface area contributed by atoms with Gasteiger partial charge in [-0.2, -0.15) is 0 Å². The van der Waals surface area contributed by atoms with Gasteiger partial charge in [0.2, 0.25) is 0 Å². The molecule has 0 saturated carbocycles. The number of carboxylic acid groups (broad SMARTS) is 1. The van der Waals surface area contributed by atoms with Gasteiger partial charge in [0, 0.05) is 7.11 Å². The predicted molar refractivity (Wildman–Crippen MR) is 57.9 cm³/mol. The van der Waals surface area contributed by atoms with Gasteiger partial charge < -0.3 is 9.84 Å². The lowest BCUT2D eigenvalue weighted by molar-refractivity contribution is -0.139. The minimum atomic E-state index is -0.845. The second-order valence-corrected chi connectivity index (χ2v) is 3.68. The van der Waals surface area contributed by atoms with Gasteiger partial charge in [-0.15, -0.1) is 0 Å². The van der Waals surface area contributed by atoms with E-state index in [1.807, 2.05) is 32.0 Å². The quantitative estimate of drug-likeness (QED) is 0.826. The molecule has 1 aromatic carbocycles. The lowest BCUT2D eigenvalue weighted by Crippen LogP contribution is -2.09. The first kappa shape index (κ1) is 11.7. The zero-order valence-corrected chi connectivity index (χ0v) is 9.28. The molecule has 1 aromatic rings. The van der Waals surface area contributed by atoms with Crippen molar-refractivity contribution in [2.45, 2.75) is 26.4 Å². The van der Waals surface area contributed by atoms with Gasteiger partial charge in [-0.3, -0.25) is 4.79 Å². The molecule has 0 aliphatic heterocycles. The monoisotopic (exact) mass is 208 g/mol. The van der Waals surface area contributed by atoms with Crippen LogP contribution in [0.4, 0.5) is 0 Å². The number of aliphatic carboxylic acids is 1. The standard InChI is InChI=1S/C12H16O3/c1-8-4-5-9(2)10(6-8)11(15-3)7-12(13)14/h4-6,11H,7H2,1-3H3,(H,13,14). The number of methoxy groups -OCH3 is 1. The Morgan fingerprint density at radius 2 is 2.13 bits per heavy atom. The second-order valence-electron chi connectivity index (χ2n) is 3.68. The Morgan fingerprint density at radius 3 is 2.67 bits per heavy atom. The molecule has 0 aliphatic carbocycles. The van der Waals surface area contributed by atoms with Gasteiger partial charge in [0.15, 0.2) is 0 Å². The maximum Gasteiger partial charge on any atom is 0.306 e. The van der Waals surface area contributed by atoms with Crippen LogP contribution in [0.1, 0.15) is 29.2 Å². The molecule has 0 amide bonds. The van der Waals surface area contributed by atoms with E-state index >= 15 is 0 Å². The fraction of sp³-hybridized carbons (Fsp3) is 0.417. The summed E-state index contributed by atoms with van der Waals surface area (Å²) in [6.45, 7) is 3.94. The Bertz CT molecular complexity index is 358. The van der Waals surface area contributed by atoms with E-state index in [4.69, 9.17) is 9.84 Å². The number of hydrogen-bond donors (Lipinski definition) is 1.